The monoisotopic (exact) mass is 305 g/mol. The number of hydrogen-bond donors (Lipinski definition) is 2. The van der Waals surface area contributed by atoms with Gasteiger partial charge in [-0.15, -0.1) is 0 Å². The zero-order valence-corrected chi connectivity index (χ0v) is 11.6. The molecule has 2 aromatic rings. The fourth-order valence-electron chi connectivity index (χ4n) is 1.64. The normalized spacial score (nSPS) is 9.95. The van der Waals surface area contributed by atoms with Gasteiger partial charge in [-0.25, -0.2) is 9.59 Å². The van der Waals surface area contributed by atoms with Crippen LogP contribution < -0.4 is 5.32 Å². The smallest absolute Gasteiger partial charge is 0.411 e. The number of ether oxygens (including phenoxy) is 1. The fourth-order valence-corrected chi connectivity index (χ4v) is 1.84. The second-order valence-corrected chi connectivity index (χ2v) is 4.59. The average Bonchev–Trinajstić information content (AvgIpc) is 2.48. The lowest BCUT2D eigenvalue weighted by Gasteiger charge is -2.08. The highest BCUT2D eigenvalue weighted by Crippen LogP contribution is 2.20. The Labute approximate surface area is 126 Å². The minimum Gasteiger partial charge on any atom is -0.478 e. The van der Waals surface area contributed by atoms with Gasteiger partial charge in [0.1, 0.15) is 6.61 Å². The summed E-state index contributed by atoms with van der Waals surface area (Å²) in [7, 11) is 0. The molecule has 5 nitrogen and oxygen atoms in total. The number of carbonyl (C=O) groups is 2. The molecule has 0 fully saturated rings. The Bertz CT molecular complexity index is 658. The topological polar surface area (TPSA) is 75.6 Å². The molecule has 0 bridgehead atoms. The van der Waals surface area contributed by atoms with Crippen LogP contribution in [0.4, 0.5) is 10.5 Å². The van der Waals surface area contributed by atoms with E-state index in [1.807, 2.05) is 30.3 Å². The van der Waals surface area contributed by atoms with Crippen LogP contribution in [0, 0.1) is 0 Å². The van der Waals surface area contributed by atoms with E-state index in [-0.39, 0.29) is 17.2 Å². The summed E-state index contributed by atoms with van der Waals surface area (Å²) in [5, 5.41) is 11.5. The first-order chi connectivity index (χ1) is 10.1. The number of carboxylic acid groups (broad SMARTS) is 1. The van der Waals surface area contributed by atoms with Crippen LogP contribution in [0.3, 0.4) is 0 Å². The lowest BCUT2D eigenvalue weighted by atomic mass is 10.2. The molecular weight excluding hydrogens is 294 g/mol. The maximum absolute atomic E-state index is 11.6. The summed E-state index contributed by atoms with van der Waals surface area (Å²) in [6.45, 7) is 0.131. The summed E-state index contributed by atoms with van der Waals surface area (Å²) >= 11 is 5.74. The van der Waals surface area contributed by atoms with E-state index in [4.69, 9.17) is 21.4 Å². The van der Waals surface area contributed by atoms with Crippen molar-refractivity contribution in [1.82, 2.24) is 0 Å². The van der Waals surface area contributed by atoms with Crippen LogP contribution in [0.25, 0.3) is 0 Å². The molecule has 1 amide bonds. The summed E-state index contributed by atoms with van der Waals surface area (Å²) in [6, 6.07) is 13.4. The van der Waals surface area contributed by atoms with Crippen LogP contribution in [0.2, 0.25) is 5.02 Å². The molecule has 0 spiro atoms. The van der Waals surface area contributed by atoms with Crippen molar-refractivity contribution >= 4 is 29.4 Å². The predicted octanol–water partition coefficient (Wildman–Crippen LogP) is 3.79. The van der Waals surface area contributed by atoms with E-state index in [9.17, 15) is 9.59 Å². The molecule has 108 valence electrons. The zero-order chi connectivity index (χ0) is 15.2. The Kier molecular flexibility index (Phi) is 4.79. The van der Waals surface area contributed by atoms with Gasteiger partial charge in [-0.05, 0) is 23.8 Å². The van der Waals surface area contributed by atoms with Crippen LogP contribution in [-0.2, 0) is 11.3 Å². The van der Waals surface area contributed by atoms with Crippen molar-refractivity contribution in [2.45, 2.75) is 6.61 Å². The Morgan fingerprint density at radius 1 is 1.14 bits per heavy atom. The van der Waals surface area contributed by atoms with Crippen molar-refractivity contribution in [3.63, 3.8) is 0 Å². The average molecular weight is 306 g/mol. The lowest BCUT2D eigenvalue weighted by molar-refractivity contribution is 0.0697. The number of hydrogen-bond acceptors (Lipinski definition) is 3. The number of amides is 1. The highest BCUT2D eigenvalue weighted by Gasteiger charge is 2.11. The van der Waals surface area contributed by atoms with E-state index < -0.39 is 12.1 Å². The van der Waals surface area contributed by atoms with Crippen molar-refractivity contribution < 1.29 is 19.4 Å². The van der Waals surface area contributed by atoms with Crippen molar-refractivity contribution in [3.8, 4) is 0 Å². The molecule has 0 aliphatic carbocycles. The zero-order valence-electron chi connectivity index (χ0n) is 10.9. The molecule has 0 radical (unpaired) electrons. The Morgan fingerprint density at radius 2 is 1.86 bits per heavy atom. The molecule has 6 heteroatoms. The maximum atomic E-state index is 11.6. The second-order valence-electron chi connectivity index (χ2n) is 4.19. The molecule has 0 aromatic heterocycles. The fraction of sp³-hybridized carbons (Fsp3) is 0.0667. The molecule has 0 unspecified atom stereocenters. The van der Waals surface area contributed by atoms with Crippen LogP contribution in [0.1, 0.15) is 15.9 Å². The van der Waals surface area contributed by atoms with Gasteiger partial charge in [-0.1, -0.05) is 41.9 Å². The van der Waals surface area contributed by atoms with Crippen molar-refractivity contribution in [3.05, 3.63) is 64.7 Å². The van der Waals surface area contributed by atoms with E-state index in [0.717, 1.165) is 5.56 Å². The molecule has 0 atom stereocenters. The third-order valence-electron chi connectivity index (χ3n) is 2.66. The van der Waals surface area contributed by atoms with Gasteiger partial charge < -0.3 is 9.84 Å². The number of nitrogens with one attached hydrogen (secondary N) is 1. The van der Waals surface area contributed by atoms with Gasteiger partial charge in [0.25, 0.3) is 0 Å². The molecule has 2 rings (SSSR count). The molecule has 0 saturated carbocycles. The SMILES string of the molecule is O=C(Nc1ccc(Cl)c(C(=O)O)c1)OCc1ccccc1. The standard InChI is InChI=1S/C15H12ClNO4/c16-13-7-6-11(8-12(13)14(18)19)17-15(20)21-9-10-4-2-1-3-5-10/h1-8H,9H2,(H,17,20)(H,18,19). The van der Waals surface area contributed by atoms with E-state index in [1.54, 1.807) is 0 Å². The maximum Gasteiger partial charge on any atom is 0.411 e. The Hall–Kier alpha value is -2.53. The van der Waals surface area contributed by atoms with E-state index >= 15 is 0 Å². The highest BCUT2D eigenvalue weighted by molar-refractivity contribution is 6.33. The van der Waals surface area contributed by atoms with Gasteiger partial charge in [0.05, 0.1) is 10.6 Å². The summed E-state index contributed by atoms with van der Waals surface area (Å²) in [5.74, 6) is -1.17. The molecule has 2 aromatic carbocycles. The molecular formula is C15H12ClNO4. The van der Waals surface area contributed by atoms with Gasteiger partial charge in [0, 0.05) is 5.69 Å². The number of anilines is 1. The van der Waals surface area contributed by atoms with Gasteiger partial charge in [0.15, 0.2) is 0 Å². The number of rotatable bonds is 4. The first-order valence-electron chi connectivity index (χ1n) is 6.07. The molecule has 21 heavy (non-hydrogen) atoms. The summed E-state index contributed by atoms with van der Waals surface area (Å²) in [6.07, 6.45) is -0.669. The third kappa shape index (κ3) is 4.22. The Morgan fingerprint density at radius 3 is 2.52 bits per heavy atom. The van der Waals surface area contributed by atoms with Crippen LogP contribution >= 0.6 is 11.6 Å². The first kappa shape index (κ1) is 14.9. The minimum atomic E-state index is -1.17. The van der Waals surface area contributed by atoms with Crippen LogP contribution in [-0.4, -0.2) is 17.2 Å². The molecule has 0 saturated heterocycles. The van der Waals surface area contributed by atoms with E-state index in [1.165, 1.54) is 18.2 Å². The van der Waals surface area contributed by atoms with E-state index in [2.05, 4.69) is 5.32 Å². The number of aromatic carboxylic acids is 1. The number of carbonyl (C=O) groups excluding carboxylic acids is 1. The van der Waals surface area contributed by atoms with Crippen molar-refractivity contribution in [2.75, 3.05) is 5.32 Å². The van der Waals surface area contributed by atoms with Gasteiger partial charge in [0.2, 0.25) is 0 Å². The highest BCUT2D eigenvalue weighted by atomic mass is 35.5. The quantitative estimate of drug-likeness (QED) is 0.901. The van der Waals surface area contributed by atoms with Crippen LogP contribution in [0.15, 0.2) is 48.5 Å². The molecule has 0 heterocycles. The number of halogens is 1. The van der Waals surface area contributed by atoms with Gasteiger partial charge in [-0.2, -0.15) is 0 Å². The summed E-state index contributed by atoms with van der Waals surface area (Å²) in [5.41, 5.74) is 1.07. The molecule has 0 aliphatic rings. The van der Waals surface area contributed by atoms with Gasteiger partial charge in [-0.3, -0.25) is 5.32 Å². The lowest BCUT2D eigenvalue weighted by Crippen LogP contribution is -2.14. The minimum absolute atomic E-state index is 0.0856. The number of benzene rings is 2. The van der Waals surface area contributed by atoms with Crippen molar-refractivity contribution in [1.29, 1.82) is 0 Å². The first-order valence-corrected chi connectivity index (χ1v) is 6.44. The number of carboxylic acids is 1. The summed E-state index contributed by atoms with van der Waals surface area (Å²) in [4.78, 5) is 22.6. The molecule has 2 N–H and O–H groups in total. The second kappa shape index (κ2) is 6.76. The van der Waals surface area contributed by atoms with E-state index in [0.29, 0.717) is 5.69 Å². The molecule has 0 aliphatic heterocycles. The predicted molar refractivity (Wildman–Crippen MR) is 78.7 cm³/mol. The third-order valence-corrected chi connectivity index (χ3v) is 2.99. The van der Waals surface area contributed by atoms with Crippen LogP contribution in [0.5, 0.6) is 0 Å². The van der Waals surface area contributed by atoms with Crippen molar-refractivity contribution in [2.24, 2.45) is 0 Å². The largest absolute Gasteiger partial charge is 0.478 e. The Balaban J connectivity index is 1.97. The summed E-state index contributed by atoms with van der Waals surface area (Å²) < 4.78 is 5.03. The van der Waals surface area contributed by atoms with Gasteiger partial charge >= 0.3 is 12.1 Å².